The number of nitrogens with one attached hydrogen (secondary N) is 3. The highest BCUT2D eigenvalue weighted by molar-refractivity contribution is 5.95. The Kier molecular flexibility index (Phi) is 4.26. The summed E-state index contributed by atoms with van der Waals surface area (Å²) in [6.45, 7) is 6.94. The van der Waals surface area contributed by atoms with Gasteiger partial charge in [-0.2, -0.15) is 0 Å². The van der Waals surface area contributed by atoms with Gasteiger partial charge in [-0.25, -0.2) is 4.79 Å². The number of nitrogens with zero attached hydrogens (tertiary/aromatic N) is 1. The Morgan fingerprint density at radius 3 is 2.69 bits per heavy atom. The van der Waals surface area contributed by atoms with Gasteiger partial charge in [0.25, 0.3) is 0 Å². The van der Waals surface area contributed by atoms with E-state index in [1.807, 2.05) is 0 Å². The van der Waals surface area contributed by atoms with Gasteiger partial charge in [0.1, 0.15) is 0 Å². The van der Waals surface area contributed by atoms with E-state index in [2.05, 4.69) is 34.7 Å². The Morgan fingerprint density at radius 1 is 1.44 bits per heavy atom. The first-order chi connectivity index (χ1) is 7.45. The van der Waals surface area contributed by atoms with Crippen molar-refractivity contribution in [3.63, 3.8) is 0 Å². The molecule has 0 aromatic carbocycles. The second kappa shape index (κ2) is 5.27. The third kappa shape index (κ3) is 3.46. The molecule has 6 heteroatoms. The second-order valence-corrected chi connectivity index (χ2v) is 4.54. The number of imide groups is 1. The molecule has 16 heavy (non-hydrogen) atoms. The van der Waals surface area contributed by atoms with Crippen molar-refractivity contribution in [1.29, 1.82) is 0 Å². The molecule has 3 amide bonds. The van der Waals surface area contributed by atoms with Crippen LogP contribution < -0.4 is 16.0 Å². The molecule has 0 saturated carbocycles. The van der Waals surface area contributed by atoms with Crippen molar-refractivity contribution >= 4 is 11.9 Å². The van der Waals surface area contributed by atoms with Crippen molar-refractivity contribution in [3.8, 4) is 0 Å². The lowest BCUT2D eigenvalue weighted by molar-refractivity contribution is -0.122. The number of amides is 3. The van der Waals surface area contributed by atoms with Crippen LogP contribution in [0.1, 0.15) is 13.8 Å². The number of carbonyl (C=O) groups is 2. The molecule has 0 aromatic rings. The second-order valence-electron chi connectivity index (χ2n) is 4.54. The van der Waals surface area contributed by atoms with E-state index in [0.717, 1.165) is 19.6 Å². The molecule has 1 rings (SSSR count). The molecule has 0 atom stereocenters. The average Bonchev–Trinajstić information content (AvgIpc) is 2.21. The van der Waals surface area contributed by atoms with E-state index in [-0.39, 0.29) is 18.0 Å². The topological polar surface area (TPSA) is 73.5 Å². The van der Waals surface area contributed by atoms with E-state index in [0.29, 0.717) is 0 Å². The molecule has 3 N–H and O–H groups in total. The van der Waals surface area contributed by atoms with Gasteiger partial charge in [-0.3, -0.25) is 15.0 Å². The summed E-state index contributed by atoms with van der Waals surface area (Å²) < 4.78 is 0. The zero-order chi connectivity index (χ0) is 12.2. The third-order valence-corrected chi connectivity index (χ3v) is 2.79. The summed E-state index contributed by atoms with van der Waals surface area (Å²) in [6, 6.07) is -0.460. The van der Waals surface area contributed by atoms with Gasteiger partial charge in [0, 0.05) is 32.2 Å². The number of urea groups is 1. The molecular weight excluding hydrogens is 208 g/mol. The molecule has 1 fully saturated rings. The summed E-state index contributed by atoms with van der Waals surface area (Å²) in [5.74, 6) is -0.269. The molecule has 0 aromatic heterocycles. The molecule has 1 aliphatic rings. The minimum Gasteiger partial charge on any atom is -0.341 e. The highest BCUT2D eigenvalue weighted by atomic mass is 16.2. The van der Waals surface area contributed by atoms with Crippen LogP contribution in [0.15, 0.2) is 0 Å². The fourth-order valence-electron chi connectivity index (χ4n) is 1.72. The van der Waals surface area contributed by atoms with Crippen LogP contribution in [-0.2, 0) is 4.79 Å². The van der Waals surface area contributed by atoms with Crippen molar-refractivity contribution in [2.24, 2.45) is 0 Å². The molecule has 0 unspecified atom stereocenters. The molecule has 0 spiro atoms. The highest BCUT2D eigenvalue weighted by Gasteiger charge is 2.30. The van der Waals surface area contributed by atoms with Crippen LogP contribution in [-0.4, -0.2) is 55.6 Å². The van der Waals surface area contributed by atoms with E-state index in [9.17, 15) is 9.59 Å². The molecule has 0 bridgehead atoms. The van der Waals surface area contributed by atoms with E-state index in [1.54, 1.807) is 0 Å². The fourth-order valence-corrected chi connectivity index (χ4v) is 1.72. The largest absolute Gasteiger partial charge is 0.341 e. The normalized spacial score (nSPS) is 20.2. The van der Waals surface area contributed by atoms with Gasteiger partial charge in [0.15, 0.2) is 0 Å². The lowest BCUT2D eigenvalue weighted by atomic mass is 10.0. The van der Waals surface area contributed by atoms with Crippen LogP contribution >= 0.6 is 0 Å². The number of hydrogen-bond donors (Lipinski definition) is 3. The Hall–Kier alpha value is -1.14. The molecule has 92 valence electrons. The van der Waals surface area contributed by atoms with Crippen molar-refractivity contribution in [2.75, 3.05) is 33.2 Å². The first-order valence-corrected chi connectivity index (χ1v) is 5.43. The highest BCUT2D eigenvalue weighted by Crippen LogP contribution is 2.15. The van der Waals surface area contributed by atoms with Gasteiger partial charge >= 0.3 is 6.03 Å². The van der Waals surface area contributed by atoms with Crippen LogP contribution in [0, 0.1) is 0 Å². The predicted molar refractivity (Wildman–Crippen MR) is 61.1 cm³/mol. The lowest BCUT2D eigenvalue weighted by Gasteiger charge is -2.42. The fraction of sp³-hybridized carbons (Fsp3) is 0.800. The van der Waals surface area contributed by atoms with Crippen molar-refractivity contribution in [2.45, 2.75) is 19.4 Å². The monoisotopic (exact) mass is 228 g/mol. The van der Waals surface area contributed by atoms with Gasteiger partial charge in [0.2, 0.25) is 5.91 Å². The Balaban J connectivity index is 2.46. The molecule has 6 nitrogen and oxygen atoms in total. The maximum Gasteiger partial charge on any atom is 0.321 e. The smallest absolute Gasteiger partial charge is 0.321 e. The SMILES string of the molecule is CNC(=O)NC(=O)CN1CCNCC1(C)C. The summed E-state index contributed by atoms with van der Waals surface area (Å²) >= 11 is 0. The van der Waals surface area contributed by atoms with Gasteiger partial charge < -0.3 is 10.6 Å². The van der Waals surface area contributed by atoms with Gasteiger partial charge in [-0.05, 0) is 13.8 Å². The van der Waals surface area contributed by atoms with Gasteiger partial charge in [-0.15, -0.1) is 0 Å². The maximum absolute atomic E-state index is 11.5. The van der Waals surface area contributed by atoms with E-state index < -0.39 is 6.03 Å². The Morgan fingerprint density at radius 2 is 2.12 bits per heavy atom. The van der Waals surface area contributed by atoms with Gasteiger partial charge in [0.05, 0.1) is 6.54 Å². The van der Waals surface area contributed by atoms with Crippen LogP contribution in [0.5, 0.6) is 0 Å². The Labute approximate surface area is 95.8 Å². The summed E-state index contributed by atoms with van der Waals surface area (Å²) in [5, 5.41) is 7.89. The maximum atomic E-state index is 11.5. The number of carbonyl (C=O) groups excluding carboxylic acids is 2. The molecule has 0 aliphatic carbocycles. The summed E-state index contributed by atoms with van der Waals surface area (Å²) in [6.07, 6.45) is 0. The molecule has 1 saturated heterocycles. The predicted octanol–water partition coefficient (Wildman–Crippen LogP) is -0.874. The lowest BCUT2D eigenvalue weighted by Crippen LogP contribution is -2.60. The Bertz CT molecular complexity index is 278. The summed E-state index contributed by atoms with van der Waals surface area (Å²) in [7, 11) is 1.48. The van der Waals surface area contributed by atoms with Crippen molar-refractivity contribution < 1.29 is 9.59 Å². The zero-order valence-corrected chi connectivity index (χ0v) is 10.1. The standard InChI is InChI=1S/C10H20N4O2/c1-10(2)7-12-4-5-14(10)6-8(15)13-9(16)11-3/h12H,4-7H2,1-3H3,(H2,11,13,15,16). The first-order valence-electron chi connectivity index (χ1n) is 5.43. The van der Waals surface area contributed by atoms with Crippen LogP contribution in [0.3, 0.4) is 0 Å². The van der Waals surface area contributed by atoms with Gasteiger partial charge in [-0.1, -0.05) is 0 Å². The number of piperazine rings is 1. The minimum atomic E-state index is -0.460. The summed E-state index contributed by atoms with van der Waals surface area (Å²) in [4.78, 5) is 24.6. The van der Waals surface area contributed by atoms with Crippen LogP contribution in [0.25, 0.3) is 0 Å². The molecule has 1 aliphatic heterocycles. The quantitative estimate of drug-likeness (QED) is 0.574. The number of hydrogen-bond acceptors (Lipinski definition) is 4. The minimum absolute atomic E-state index is 0.0573. The number of rotatable bonds is 2. The zero-order valence-electron chi connectivity index (χ0n) is 10.1. The molecular formula is C10H20N4O2. The van der Waals surface area contributed by atoms with E-state index in [1.165, 1.54) is 7.05 Å². The van der Waals surface area contributed by atoms with Crippen molar-refractivity contribution in [3.05, 3.63) is 0 Å². The van der Waals surface area contributed by atoms with Crippen LogP contribution in [0.2, 0.25) is 0 Å². The van der Waals surface area contributed by atoms with E-state index in [4.69, 9.17) is 0 Å². The molecule has 0 radical (unpaired) electrons. The third-order valence-electron chi connectivity index (χ3n) is 2.79. The van der Waals surface area contributed by atoms with Crippen LogP contribution in [0.4, 0.5) is 4.79 Å². The van der Waals surface area contributed by atoms with E-state index >= 15 is 0 Å². The molecule has 1 heterocycles. The summed E-state index contributed by atoms with van der Waals surface area (Å²) in [5.41, 5.74) is -0.0573. The first kappa shape index (κ1) is 12.9. The van der Waals surface area contributed by atoms with Crippen molar-refractivity contribution in [1.82, 2.24) is 20.9 Å². The average molecular weight is 228 g/mol.